The second-order valence-corrected chi connectivity index (χ2v) is 4.65. The van der Waals surface area contributed by atoms with Crippen LogP contribution >= 0.6 is 11.6 Å². The van der Waals surface area contributed by atoms with Crippen molar-refractivity contribution < 1.29 is 9.84 Å². The predicted molar refractivity (Wildman–Crippen MR) is 78.0 cm³/mol. The van der Waals surface area contributed by atoms with Crippen molar-refractivity contribution in [1.82, 2.24) is 9.78 Å². The third-order valence-corrected chi connectivity index (χ3v) is 3.18. The number of nitrogens with zero attached hydrogens (tertiary/aromatic N) is 2. The van der Waals surface area contributed by atoms with E-state index in [0.717, 1.165) is 22.6 Å². The standard InChI is InChI=1S/C15H15ClN2O2/c1-11-14(16)10-18(17-11)9-13-8-12(4-3-7-19)5-6-15(13)20-2/h5-6,8,10,19H,7,9H2,1-2H3. The van der Waals surface area contributed by atoms with Crippen molar-refractivity contribution in [2.75, 3.05) is 13.7 Å². The zero-order chi connectivity index (χ0) is 14.5. The molecular weight excluding hydrogens is 276 g/mol. The third-order valence-electron chi connectivity index (χ3n) is 2.81. The average Bonchev–Trinajstić information content (AvgIpc) is 2.75. The van der Waals surface area contributed by atoms with E-state index in [0.29, 0.717) is 11.6 Å². The van der Waals surface area contributed by atoms with Crippen LogP contribution in [0.25, 0.3) is 0 Å². The van der Waals surface area contributed by atoms with Crippen molar-refractivity contribution in [3.63, 3.8) is 0 Å². The van der Waals surface area contributed by atoms with Crippen molar-refractivity contribution in [2.45, 2.75) is 13.5 Å². The van der Waals surface area contributed by atoms with E-state index in [1.807, 2.05) is 25.1 Å². The summed E-state index contributed by atoms with van der Waals surface area (Å²) in [4.78, 5) is 0. The van der Waals surface area contributed by atoms with Gasteiger partial charge in [-0.05, 0) is 25.1 Å². The molecule has 0 saturated heterocycles. The summed E-state index contributed by atoms with van der Waals surface area (Å²) < 4.78 is 7.11. The number of hydrogen-bond acceptors (Lipinski definition) is 3. The van der Waals surface area contributed by atoms with Crippen LogP contribution < -0.4 is 4.74 Å². The topological polar surface area (TPSA) is 47.3 Å². The van der Waals surface area contributed by atoms with Gasteiger partial charge < -0.3 is 9.84 Å². The SMILES string of the molecule is COc1ccc(C#CCO)cc1Cn1cc(Cl)c(C)n1. The van der Waals surface area contributed by atoms with Gasteiger partial charge in [0.15, 0.2) is 0 Å². The molecule has 5 heteroatoms. The van der Waals surface area contributed by atoms with Gasteiger partial charge in [-0.3, -0.25) is 4.68 Å². The van der Waals surface area contributed by atoms with Gasteiger partial charge in [0, 0.05) is 17.3 Å². The molecule has 0 unspecified atom stereocenters. The minimum atomic E-state index is -0.157. The van der Waals surface area contributed by atoms with Gasteiger partial charge in [0.2, 0.25) is 0 Å². The van der Waals surface area contributed by atoms with Crippen molar-refractivity contribution in [2.24, 2.45) is 0 Å². The summed E-state index contributed by atoms with van der Waals surface area (Å²) in [6.07, 6.45) is 1.78. The van der Waals surface area contributed by atoms with Crippen molar-refractivity contribution >= 4 is 11.6 Å². The van der Waals surface area contributed by atoms with Crippen molar-refractivity contribution in [1.29, 1.82) is 0 Å². The summed E-state index contributed by atoms with van der Waals surface area (Å²) in [5, 5.41) is 13.7. The van der Waals surface area contributed by atoms with E-state index >= 15 is 0 Å². The van der Waals surface area contributed by atoms with E-state index in [4.69, 9.17) is 21.4 Å². The molecule has 0 radical (unpaired) electrons. The maximum absolute atomic E-state index is 8.74. The molecule has 20 heavy (non-hydrogen) atoms. The molecule has 0 aliphatic rings. The van der Waals surface area contributed by atoms with Crippen LogP contribution in [0, 0.1) is 18.8 Å². The highest BCUT2D eigenvalue weighted by Gasteiger charge is 2.07. The molecule has 1 heterocycles. The smallest absolute Gasteiger partial charge is 0.124 e. The third kappa shape index (κ3) is 3.32. The molecule has 2 aromatic rings. The van der Waals surface area contributed by atoms with E-state index in [-0.39, 0.29) is 6.61 Å². The molecule has 0 saturated carbocycles. The van der Waals surface area contributed by atoms with E-state index in [1.54, 1.807) is 18.0 Å². The number of ether oxygens (including phenoxy) is 1. The average molecular weight is 291 g/mol. The van der Waals surface area contributed by atoms with Crippen molar-refractivity contribution in [3.8, 4) is 17.6 Å². The lowest BCUT2D eigenvalue weighted by atomic mass is 10.1. The minimum absolute atomic E-state index is 0.157. The van der Waals surface area contributed by atoms with E-state index in [1.165, 1.54) is 0 Å². The summed E-state index contributed by atoms with van der Waals surface area (Å²) in [6.45, 7) is 2.25. The Labute approximate surface area is 122 Å². The van der Waals surface area contributed by atoms with Gasteiger partial charge in [-0.1, -0.05) is 23.4 Å². The first-order chi connectivity index (χ1) is 9.63. The molecule has 0 atom stereocenters. The van der Waals surface area contributed by atoms with Crippen LogP contribution in [0.1, 0.15) is 16.8 Å². The highest BCUT2D eigenvalue weighted by molar-refractivity contribution is 6.31. The lowest BCUT2D eigenvalue weighted by Gasteiger charge is -2.09. The first kappa shape index (κ1) is 14.4. The molecule has 0 amide bonds. The first-order valence-corrected chi connectivity index (χ1v) is 6.48. The number of aryl methyl sites for hydroxylation is 1. The van der Waals surface area contributed by atoms with E-state index in [9.17, 15) is 0 Å². The van der Waals surface area contributed by atoms with Crippen LogP contribution in [0.3, 0.4) is 0 Å². The van der Waals surface area contributed by atoms with Gasteiger partial charge in [-0.15, -0.1) is 0 Å². The molecule has 0 fully saturated rings. The Balaban J connectivity index is 2.32. The van der Waals surface area contributed by atoms with Crippen LogP contribution in [-0.4, -0.2) is 28.6 Å². The van der Waals surface area contributed by atoms with Gasteiger partial charge in [0.05, 0.1) is 24.4 Å². The van der Waals surface area contributed by atoms with Gasteiger partial charge in [0.1, 0.15) is 12.4 Å². The fraction of sp³-hybridized carbons (Fsp3) is 0.267. The van der Waals surface area contributed by atoms with Gasteiger partial charge in [-0.25, -0.2) is 0 Å². The molecule has 0 aliphatic heterocycles. The number of rotatable bonds is 3. The van der Waals surface area contributed by atoms with Crippen LogP contribution in [0.4, 0.5) is 0 Å². The zero-order valence-electron chi connectivity index (χ0n) is 11.4. The molecular formula is C15H15ClN2O2. The number of aromatic nitrogens is 2. The molecule has 0 spiro atoms. The number of hydrogen-bond donors (Lipinski definition) is 1. The Morgan fingerprint density at radius 1 is 1.45 bits per heavy atom. The van der Waals surface area contributed by atoms with Gasteiger partial charge in [-0.2, -0.15) is 5.10 Å². The summed E-state index contributed by atoms with van der Waals surface area (Å²) in [5.74, 6) is 6.27. The fourth-order valence-corrected chi connectivity index (χ4v) is 2.02. The molecule has 4 nitrogen and oxygen atoms in total. The second-order valence-electron chi connectivity index (χ2n) is 4.25. The Morgan fingerprint density at radius 2 is 2.25 bits per heavy atom. The molecule has 0 bridgehead atoms. The predicted octanol–water partition coefficient (Wildman–Crippen LogP) is 2.25. The minimum Gasteiger partial charge on any atom is -0.496 e. The highest BCUT2D eigenvalue weighted by Crippen LogP contribution is 2.22. The largest absolute Gasteiger partial charge is 0.496 e. The Hall–Kier alpha value is -1.96. The van der Waals surface area contributed by atoms with Crippen molar-refractivity contribution in [3.05, 3.63) is 46.2 Å². The summed E-state index contributed by atoms with van der Waals surface area (Å²) in [6, 6.07) is 5.63. The number of aliphatic hydroxyl groups excluding tert-OH is 1. The number of halogens is 1. The molecule has 1 aromatic heterocycles. The molecule has 1 N–H and O–H groups in total. The number of methoxy groups -OCH3 is 1. The van der Waals surface area contributed by atoms with Gasteiger partial charge >= 0.3 is 0 Å². The first-order valence-electron chi connectivity index (χ1n) is 6.10. The fourth-order valence-electron chi connectivity index (χ4n) is 1.87. The number of aliphatic hydroxyl groups is 1. The molecule has 1 aromatic carbocycles. The van der Waals surface area contributed by atoms with Crippen LogP contribution in [0.2, 0.25) is 5.02 Å². The van der Waals surface area contributed by atoms with E-state index in [2.05, 4.69) is 16.9 Å². The normalized spacial score (nSPS) is 10.0. The highest BCUT2D eigenvalue weighted by atomic mass is 35.5. The van der Waals surface area contributed by atoms with Crippen LogP contribution in [0.5, 0.6) is 5.75 Å². The zero-order valence-corrected chi connectivity index (χ0v) is 12.1. The molecule has 2 rings (SSSR count). The Bertz CT molecular complexity index is 649. The van der Waals surface area contributed by atoms with Gasteiger partial charge in [0.25, 0.3) is 0 Å². The summed E-state index contributed by atoms with van der Waals surface area (Å²) in [5.41, 5.74) is 2.57. The molecule has 104 valence electrons. The summed E-state index contributed by atoms with van der Waals surface area (Å²) >= 11 is 6.00. The maximum Gasteiger partial charge on any atom is 0.124 e. The quantitative estimate of drug-likeness (QED) is 0.882. The Morgan fingerprint density at radius 3 is 2.85 bits per heavy atom. The van der Waals surface area contributed by atoms with Crippen LogP contribution in [-0.2, 0) is 6.54 Å². The van der Waals surface area contributed by atoms with Crippen LogP contribution in [0.15, 0.2) is 24.4 Å². The van der Waals surface area contributed by atoms with E-state index < -0.39 is 0 Å². The molecule has 0 aliphatic carbocycles. The summed E-state index contributed by atoms with van der Waals surface area (Å²) in [7, 11) is 1.62. The number of benzene rings is 1. The lowest BCUT2D eigenvalue weighted by Crippen LogP contribution is -2.03. The second kappa shape index (κ2) is 6.47. The monoisotopic (exact) mass is 290 g/mol. The Kier molecular flexibility index (Phi) is 4.67. The lowest BCUT2D eigenvalue weighted by molar-refractivity contribution is 0.350. The maximum atomic E-state index is 8.74.